The molecule has 7 heteroatoms. The van der Waals surface area contributed by atoms with Gasteiger partial charge in [0, 0.05) is 44.5 Å². The Kier molecular flexibility index (Phi) is 7.73. The fourth-order valence-corrected chi connectivity index (χ4v) is 3.96. The van der Waals surface area contributed by atoms with E-state index in [-0.39, 0.29) is 6.79 Å². The number of aromatic nitrogens is 1. The van der Waals surface area contributed by atoms with Gasteiger partial charge in [0.2, 0.25) is 0 Å². The molecular formula is C18H32BrN3O2Si. The molecule has 1 fully saturated rings. The molecule has 0 spiro atoms. The number of hydrogen-bond acceptors (Lipinski definition) is 5. The normalized spacial score (nSPS) is 16.5. The van der Waals surface area contributed by atoms with Gasteiger partial charge in [0.25, 0.3) is 0 Å². The van der Waals surface area contributed by atoms with Crippen molar-refractivity contribution in [3.8, 4) is 5.75 Å². The number of rotatable bonds is 8. The lowest BCUT2D eigenvalue weighted by atomic mass is 10.0. The molecule has 0 aromatic carbocycles. The largest absolute Gasteiger partial charge is 0.464 e. The van der Waals surface area contributed by atoms with E-state index >= 15 is 0 Å². The monoisotopic (exact) mass is 429 g/mol. The molecule has 1 aromatic rings. The van der Waals surface area contributed by atoms with Crippen LogP contribution in [0.1, 0.15) is 12.8 Å². The second kappa shape index (κ2) is 9.35. The summed E-state index contributed by atoms with van der Waals surface area (Å²) in [6.45, 7) is 10.1. The average molecular weight is 430 g/mol. The Balaban J connectivity index is 1.91. The molecule has 142 valence electrons. The Bertz CT molecular complexity index is 544. The maximum absolute atomic E-state index is 5.91. The van der Waals surface area contributed by atoms with Gasteiger partial charge in [-0.25, -0.2) is 4.98 Å². The predicted molar refractivity (Wildman–Crippen MR) is 110 cm³/mol. The summed E-state index contributed by atoms with van der Waals surface area (Å²) in [5.41, 5.74) is 0. The molecule has 1 aliphatic heterocycles. The molecule has 0 unspecified atom stereocenters. The van der Waals surface area contributed by atoms with Gasteiger partial charge in [0.05, 0.1) is 0 Å². The molecule has 1 aromatic heterocycles. The summed E-state index contributed by atoms with van der Waals surface area (Å²) in [6, 6.07) is 3.79. The van der Waals surface area contributed by atoms with Gasteiger partial charge >= 0.3 is 0 Å². The number of halogens is 1. The van der Waals surface area contributed by atoms with E-state index in [2.05, 4.69) is 64.5 Å². The minimum Gasteiger partial charge on any atom is -0.464 e. The third-order valence-electron chi connectivity index (χ3n) is 4.59. The highest BCUT2D eigenvalue weighted by atomic mass is 79.9. The molecule has 5 nitrogen and oxygen atoms in total. The maximum atomic E-state index is 5.91. The lowest BCUT2D eigenvalue weighted by Gasteiger charge is -2.36. The van der Waals surface area contributed by atoms with Crippen LogP contribution in [0.25, 0.3) is 0 Å². The second-order valence-corrected chi connectivity index (χ2v) is 14.7. The van der Waals surface area contributed by atoms with Crippen molar-refractivity contribution in [2.45, 2.75) is 44.6 Å². The van der Waals surface area contributed by atoms with Crippen molar-refractivity contribution in [3.63, 3.8) is 0 Å². The molecule has 0 bridgehead atoms. The summed E-state index contributed by atoms with van der Waals surface area (Å²) in [5, 5.41) is 0. The van der Waals surface area contributed by atoms with E-state index < -0.39 is 8.07 Å². The lowest BCUT2D eigenvalue weighted by molar-refractivity contribution is 0.0220. The fraction of sp³-hybridized carbons (Fsp3) is 0.722. The zero-order valence-corrected chi connectivity index (χ0v) is 18.8. The Morgan fingerprint density at radius 2 is 1.96 bits per heavy atom. The van der Waals surface area contributed by atoms with Crippen molar-refractivity contribution >= 4 is 29.8 Å². The minimum atomic E-state index is -1.06. The molecule has 0 aliphatic carbocycles. The third kappa shape index (κ3) is 6.88. The van der Waals surface area contributed by atoms with Crippen molar-refractivity contribution in [1.82, 2.24) is 9.88 Å². The molecule has 0 saturated carbocycles. The van der Waals surface area contributed by atoms with Crippen LogP contribution >= 0.6 is 15.9 Å². The Hall–Kier alpha value is -0.633. The lowest BCUT2D eigenvalue weighted by Crippen LogP contribution is -2.42. The molecule has 0 atom stereocenters. The van der Waals surface area contributed by atoms with Gasteiger partial charge in [-0.15, -0.1) is 0 Å². The van der Waals surface area contributed by atoms with Gasteiger partial charge in [-0.3, -0.25) is 0 Å². The number of pyridine rings is 1. The van der Waals surface area contributed by atoms with E-state index in [0.717, 1.165) is 54.6 Å². The van der Waals surface area contributed by atoms with Crippen LogP contribution in [-0.2, 0) is 4.74 Å². The molecule has 2 rings (SSSR count). The molecule has 0 radical (unpaired) electrons. The summed E-state index contributed by atoms with van der Waals surface area (Å²) >= 11 is 3.49. The van der Waals surface area contributed by atoms with Gasteiger partial charge in [-0.2, -0.15) is 0 Å². The number of ether oxygens (including phenoxy) is 2. The number of nitrogens with zero attached hydrogens (tertiary/aromatic N) is 3. The van der Waals surface area contributed by atoms with E-state index in [0.29, 0.717) is 6.04 Å². The van der Waals surface area contributed by atoms with Crippen LogP contribution in [0.4, 0.5) is 5.82 Å². The first kappa shape index (κ1) is 20.7. The second-order valence-electron chi connectivity index (χ2n) is 8.14. The zero-order chi connectivity index (χ0) is 18.4. The first-order valence-corrected chi connectivity index (χ1v) is 13.5. The van der Waals surface area contributed by atoms with Crippen molar-refractivity contribution < 1.29 is 9.47 Å². The standard InChI is InChI=1S/C18H32BrN3O2Si/c1-21(2)16-6-8-22(9-7-16)18-17(12-15(19)13-20-18)24-14-23-10-11-25(3,4)5/h12-13,16H,6-11,14H2,1-5H3. The molecule has 0 amide bonds. The Morgan fingerprint density at radius 1 is 1.28 bits per heavy atom. The summed E-state index contributed by atoms with van der Waals surface area (Å²) in [5.74, 6) is 1.72. The van der Waals surface area contributed by atoms with Crippen LogP contribution in [0, 0.1) is 0 Å². The van der Waals surface area contributed by atoms with Crippen LogP contribution in [0.5, 0.6) is 5.75 Å². The molecular weight excluding hydrogens is 398 g/mol. The molecule has 0 N–H and O–H groups in total. The topological polar surface area (TPSA) is 37.8 Å². The highest BCUT2D eigenvalue weighted by Crippen LogP contribution is 2.31. The van der Waals surface area contributed by atoms with Crippen LogP contribution in [0.2, 0.25) is 25.7 Å². The highest BCUT2D eigenvalue weighted by Gasteiger charge is 2.23. The average Bonchev–Trinajstić information content (AvgIpc) is 2.54. The van der Waals surface area contributed by atoms with Crippen molar-refractivity contribution in [2.75, 3.05) is 45.5 Å². The first-order chi connectivity index (χ1) is 11.8. The maximum Gasteiger partial charge on any atom is 0.189 e. The van der Waals surface area contributed by atoms with Gasteiger partial charge in [-0.1, -0.05) is 19.6 Å². The molecule has 25 heavy (non-hydrogen) atoms. The summed E-state index contributed by atoms with van der Waals surface area (Å²) in [6.07, 6.45) is 4.14. The van der Waals surface area contributed by atoms with E-state index in [1.807, 2.05) is 12.3 Å². The number of anilines is 1. The molecule has 1 saturated heterocycles. The van der Waals surface area contributed by atoms with Crippen molar-refractivity contribution in [2.24, 2.45) is 0 Å². The predicted octanol–water partition coefficient (Wildman–Crippen LogP) is 4.07. The van der Waals surface area contributed by atoms with Crippen LogP contribution < -0.4 is 9.64 Å². The van der Waals surface area contributed by atoms with E-state index in [9.17, 15) is 0 Å². The van der Waals surface area contributed by atoms with Crippen LogP contribution in [-0.4, -0.2) is 64.6 Å². The van der Waals surface area contributed by atoms with Crippen LogP contribution in [0.3, 0.4) is 0 Å². The smallest absolute Gasteiger partial charge is 0.189 e. The van der Waals surface area contributed by atoms with Gasteiger partial charge in [0.1, 0.15) is 0 Å². The molecule has 2 heterocycles. The molecule has 1 aliphatic rings. The fourth-order valence-electron chi connectivity index (χ4n) is 2.89. The van der Waals surface area contributed by atoms with E-state index in [4.69, 9.17) is 9.47 Å². The Labute approximate surface area is 161 Å². The third-order valence-corrected chi connectivity index (χ3v) is 6.73. The first-order valence-electron chi connectivity index (χ1n) is 9.04. The minimum absolute atomic E-state index is 0.282. The van der Waals surface area contributed by atoms with Crippen LogP contribution in [0.15, 0.2) is 16.7 Å². The summed E-state index contributed by atoms with van der Waals surface area (Å²) < 4.78 is 12.5. The highest BCUT2D eigenvalue weighted by molar-refractivity contribution is 9.10. The number of piperidine rings is 1. The van der Waals surface area contributed by atoms with Crippen molar-refractivity contribution in [1.29, 1.82) is 0 Å². The quantitative estimate of drug-likeness (QED) is 0.353. The summed E-state index contributed by atoms with van der Waals surface area (Å²) in [4.78, 5) is 9.24. The van der Waals surface area contributed by atoms with Gasteiger partial charge < -0.3 is 19.3 Å². The van der Waals surface area contributed by atoms with E-state index in [1.54, 1.807) is 0 Å². The zero-order valence-electron chi connectivity index (χ0n) is 16.2. The Morgan fingerprint density at radius 3 is 2.56 bits per heavy atom. The van der Waals surface area contributed by atoms with Gasteiger partial charge in [0.15, 0.2) is 18.4 Å². The number of hydrogen-bond donors (Lipinski definition) is 0. The van der Waals surface area contributed by atoms with Gasteiger partial charge in [-0.05, 0) is 55.0 Å². The summed E-state index contributed by atoms with van der Waals surface area (Å²) in [7, 11) is 3.25. The van der Waals surface area contributed by atoms with E-state index in [1.165, 1.54) is 0 Å². The van der Waals surface area contributed by atoms with Crippen molar-refractivity contribution in [3.05, 3.63) is 16.7 Å². The SMILES string of the molecule is CN(C)C1CCN(c2ncc(Br)cc2OCOCC[Si](C)(C)C)CC1.